The third kappa shape index (κ3) is 8.00. The molecule has 2 N–H and O–H groups in total. The second kappa shape index (κ2) is 12.4. The van der Waals surface area contributed by atoms with E-state index in [1.807, 2.05) is 0 Å². The van der Waals surface area contributed by atoms with Crippen molar-refractivity contribution in [3.8, 4) is 0 Å². The van der Waals surface area contributed by atoms with Crippen molar-refractivity contribution in [3.63, 3.8) is 0 Å². The summed E-state index contributed by atoms with van der Waals surface area (Å²) in [5.41, 5.74) is 0. The maximum atomic E-state index is 11.8. The molecule has 0 aromatic rings. The molecule has 1 amide bonds. The molecule has 0 aromatic carbocycles. The molecule has 6 heteroatoms. The summed E-state index contributed by atoms with van der Waals surface area (Å²) in [6, 6.07) is 0.741. The third-order valence-electron chi connectivity index (χ3n) is 4.93. The Kier molecular flexibility index (Phi) is 12.4. The molecule has 2 aliphatic rings. The summed E-state index contributed by atoms with van der Waals surface area (Å²) in [5.74, 6) is 0.944. The number of nitrogens with zero attached hydrogens (tertiary/aromatic N) is 1. The van der Waals surface area contributed by atoms with Crippen molar-refractivity contribution in [3.05, 3.63) is 0 Å². The number of amides is 1. The normalized spacial score (nSPS) is 22.0. The summed E-state index contributed by atoms with van der Waals surface area (Å²) in [6.45, 7) is 4.01. The van der Waals surface area contributed by atoms with Gasteiger partial charge in [0, 0.05) is 25.6 Å². The van der Waals surface area contributed by atoms with E-state index in [0.717, 1.165) is 38.6 Å². The van der Waals surface area contributed by atoms with Gasteiger partial charge in [-0.05, 0) is 51.7 Å². The minimum Gasteiger partial charge on any atom is -0.355 e. The first-order valence-electron chi connectivity index (χ1n) is 8.43. The van der Waals surface area contributed by atoms with E-state index in [1.54, 1.807) is 0 Å². The average molecular weight is 354 g/mol. The van der Waals surface area contributed by atoms with Crippen LogP contribution in [-0.4, -0.2) is 50.1 Å². The molecule has 132 valence electrons. The van der Waals surface area contributed by atoms with Crippen molar-refractivity contribution >= 4 is 30.7 Å². The maximum absolute atomic E-state index is 11.8. The van der Waals surface area contributed by atoms with E-state index >= 15 is 0 Å². The molecular formula is C16H33Cl2N3O. The van der Waals surface area contributed by atoms with Crippen LogP contribution in [0.25, 0.3) is 0 Å². The predicted octanol–water partition coefficient (Wildman–Crippen LogP) is 2.60. The number of nitrogens with one attached hydrogen (secondary N) is 2. The zero-order chi connectivity index (χ0) is 14.2. The fraction of sp³-hybridized carbons (Fsp3) is 0.938. The molecule has 22 heavy (non-hydrogen) atoms. The lowest BCUT2D eigenvalue weighted by atomic mass is 9.94. The number of carbonyl (C=O) groups is 1. The van der Waals surface area contributed by atoms with Gasteiger partial charge < -0.3 is 15.5 Å². The summed E-state index contributed by atoms with van der Waals surface area (Å²) >= 11 is 0. The van der Waals surface area contributed by atoms with Gasteiger partial charge in [-0.15, -0.1) is 24.8 Å². The molecule has 0 spiro atoms. The zero-order valence-corrected chi connectivity index (χ0v) is 15.4. The van der Waals surface area contributed by atoms with Crippen LogP contribution in [0.3, 0.4) is 0 Å². The Morgan fingerprint density at radius 2 is 1.91 bits per heavy atom. The van der Waals surface area contributed by atoms with Crippen molar-refractivity contribution in [1.82, 2.24) is 15.5 Å². The molecule has 4 nitrogen and oxygen atoms in total. The van der Waals surface area contributed by atoms with Gasteiger partial charge in [-0.25, -0.2) is 0 Å². The summed E-state index contributed by atoms with van der Waals surface area (Å²) in [6.07, 6.45) is 9.78. The standard InChI is InChI=1S/C16H31N3O.2ClH/c1-19(15-5-3-2-4-6-15)12-11-18-16(20)8-7-14-9-10-17-13-14;;/h14-15,17H,2-13H2,1H3,(H,18,20);2*1H. The topological polar surface area (TPSA) is 44.4 Å². The fourth-order valence-corrected chi connectivity index (χ4v) is 3.46. The van der Waals surface area contributed by atoms with Gasteiger partial charge in [-0.2, -0.15) is 0 Å². The van der Waals surface area contributed by atoms with Crippen LogP contribution in [0.2, 0.25) is 0 Å². The van der Waals surface area contributed by atoms with Crippen molar-refractivity contribution in [2.75, 3.05) is 33.2 Å². The monoisotopic (exact) mass is 353 g/mol. The largest absolute Gasteiger partial charge is 0.355 e. The quantitative estimate of drug-likeness (QED) is 0.739. The lowest BCUT2D eigenvalue weighted by molar-refractivity contribution is -0.121. The average Bonchev–Trinajstić information content (AvgIpc) is 2.99. The molecule has 1 atom stereocenters. The molecular weight excluding hydrogens is 321 g/mol. The molecule has 1 heterocycles. The van der Waals surface area contributed by atoms with Crippen LogP contribution >= 0.6 is 24.8 Å². The van der Waals surface area contributed by atoms with Gasteiger partial charge in [0.05, 0.1) is 0 Å². The highest BCUT2D eigenvalue weighted by Crippen LogP contribution is 2.21. The second-order valence-electron chi connectivity index (χ2n) is 6.52. The summed E-state index contributed by atoms with van der Waals surface area (Å²) in [7, 11) is 2.20. The van der Waals surface area contributed by atoms with E-state index in [0.29, 0.717) is 12.3 Å². The van der Waals surface area contributed by atoms with Gasteiger partial charge in [0.15, 0.2) is 0 Å². The summed E-state index contributed by atoms with van der Waals surface area (Å²) < 4.78 is 0. The molecule has 1 saturated heterocycles. The molecule has 0 bridgehead atoms. The number of hydrogen-bond acceptors (Lipinski definition) is 3. The smallest absolute Gasteiger partial charge is 0.220 e. The lowest BCUT2D eigenvalue weighted by Crippen LogP contribution is -2.39. The Balaban J connectivity index is 0.00000220. The highest BCUT2D eigenvalue weighted by molar-refractivity contribution is 5.85. The van der Waals surface area contributed by atoms with E-state index in [-0.39, 0.29) is 30.7 Å². The van der Waals surface area contributed by atoms with E-state index in [9.17, 15) is 4.79 Å². The van der Waals surface area contributed by atoms with Gasteiger partial charge in [0.2, 0.25) is 5.91 Å². The fourth-order valence-electron chi connectivity index (χ4n) is 3.46. The Morgan fingerprint density at radius 1 is 1.18 bits per heavy atom. The highest BCUT2D eigenvalue weighted by Gasteiger charge is 2.18. The third-order valence-corrected chi connectivity index (χ3v) is 4.93. The SMILES string of the molecule is CN(CCNC(=O)CCC1CCNC1)C1CCCCC1.Cl.Cl. The van der Waals surface area contributed by atoms with Gasteiger partial charge in [0.1, 0.15) is 0 Å². The molecule has 1 aliphatic carbocycles. The van der Waals surface area contributed by atoms with Crippen molar-refractivity contribution in [2.45, 2.75) is 57.4 Å². The van der Waals surface area contributed by atoms with E-state index < -0.39 is 0 Å². The first-order chi connectivity index (χ1) is 9.75. The van der Waals surface area contributed by atoms with E-state index in [2.05, 4.69) is 22.6 Å². The zero-order valence-electron chi connectivity index (χ0n) is 13.8. The van der Waals surface area contributed by atoms with Crippen molar-refractivity contribution < 1.29 is 4.79 Å². The number of carbonyl (C=O) groups excluding carboxylic acids is 1. The Labute approximate surface area is 148 Å². The van der Waals surface area contributed by atoms with Crippen molar-refractivity contribution in [2.24, 2.45) is 5.92 Å². The van der Waals surface area contributed by atoms with Crippen LogP contribution in [0.1, 0.15) is 51.4 Å². The first-order valence-corrected chi connectivity index (χ1v) is 8.43. The highest BCUT2D eigenvalue weighted by atomic mass is 35.5. The predicted molar refractivity (Wildman–Crippen MR) is 97.2 cm³/mol. The molecule has 1 saturated carbocycles. The number of likely N-dealkylation sites (N-methyl/N-ethyl adjacent to an activating group) is 1. The van der Waals surface area contributed by atoms with E-state index in [4.69, 9.17) is 0 Å². The lowest BCUT2D eigenvalue weighted by Gasteiger charge is -2.31. The minimum atomic E-state index is 0. The van der Waals surface area contributed by atoms with Crippen LogP contribution in [0.15, 0.2) is 0 Å². The number of rotatable bonds is 7. The maximum Gasteiger partial charge on any atom is 0.220 e. The van der Waals surface area contributed by atoms with Gasteiger partial charge in [0.25, 0.3) is 0 Å². The van der Waals surface area contributed by atoms with Crippen LogP contribution in [-0.2, 0) is 4.79 Å². The van der Waals surface area contributed by atoms with E-state index in [1.165, 1.54) is 38.5 Å². The molecule has 0 radical (unpaired) electrons. The Bertz CT molecular complexity index is 293. The second-order valence-corrected chi connectivity index (χ2v) is 6.52. The van der Waals surface area contributed by atoms with Crippen molar-refractivity contribution in [1.29, 1.82) is 0 Å². The molecule has 0 aromatic heterocycles. The Hall–Kier alpha value is -0.0300. The van der Waals surface area contributed by atoms with Gasteiger partial charge >= 0.3 is 0 Å². The van der Waals surface area contributed by atoms with Crippen LogP contribution in [0, 0.1) is 5.92 Å². The number of halogens is 2. The van der Waals surface area contributed by atoms with Crippen LogP contribution in [0.4, 0.5) is 0 Å². The molecule has 2 fully saturated rings. The minimum absolute atomic E-state index is 0. The van der Waals surface area contributed by atoms with Crippen LogP contribution < -0.4 is 10.6 Å². The van der Waals surface area contributed by atoms with Gasteiger partial charge in [-0.3, -0.25) is 4.79 Å². The Morgan fingerprint density at radius 3 is 2.55 bits per heavy atom. The first kappa shape index (κ1) is 22.0. The molecule has 2 rings (SSSR count). The molecule has 1 aliphatic heterocycles. The molecule has 1 unspecified atom stereocenters. The van der Waals surface area contributed by atoms with Gasteiger partial charge in [-0.1, -0.05) is 19.3 Å². The summed E-state index contributed by atoms with van der Waals surface area (Å²) in [4.78, 5) is 14.2. The number of hydrogen-bond donors (Lipinski definition) is 2. The van der Waals surface area contributed by atoms with Crippen LogP contribution in [0.5, 0.6) is 0 Å². The summed E-state index contributed by atoms with van der Waals surface area (Å²) in [5, 5.41) is 6.43.